The van der Waals surface area contributed by atoms with Crippen LogP contribution in [0.2, 0.25) is 0 Å². The third-order valence-electron chi connectivity index (χ3n) is 6.82. The second kappa shape index (κ2) is 16.4. The van der Waals surface area contributed by atoms with Crippen molar-refractivity contribution in [2.75, 3.05) is 13.1 Å². The number of rotatable bonds is 23. The maximum Gasteiger partial charge on any atom is 0.393 e. The van der Waals surface area contributed by atoms with Crippen LogP contribution in [0.25, 0.3) is 0 Å². The van der Waals surface area contributed by atoms with Gasteiger partial charge in [0, 0.05) is 13.1 Å². The SMILES string of the molecule is O=C(NCCCCCCCCCCCCNC(=O)C(F)(F)C(F)(F)C(F)(F)C(F)(F)C(F)(F)Cl)C(F)(F)C(F)(F)C(F)(F)C(F)(F)C(F)(F)Cl. The van der Waals surface area contributed by atoms with Crippen LogP contribution in [0.4, 0.5) is 87.8 Å². The van der Waals surface area contributed by atoms with Gasteiger partial charge in [-0.3, -0.25) is 9.59 Å². The Morgan fingerprint density at radius 2 is 0.540 bits per heavy atom. The first-order chi connectivity index (χ1) is 22.0. The molecule has 0 saturated carbocycles. The van der Waals surface area contributed by atoms with Gasteiger partial charge in [0.05, 0.1) is 0 Å². The minimum Gasteiger partial charge on any atom is -0.351 e. The lowest BCUT2D eigenvalue weighted by molar-refractivity contribution is -0.382. The van der Waals surface area contributed by atoms with Gasteiger partial charge in [-0.2, -0.15) is 87.8 Å². The van der Waals surface area contributed by atoms with E-state index in [2.05, 4.69) is 23.2 Å². The molecule has 0 fully saturated rings. The molecule has 0 aromatic rings. The minimum absolute atomic E-state index is 0.107. The van der Waals surface area contributed by atoms with Crippen LogP contribution in [0.1, 0.15) is 64.2 Å². The van der Waals surface area contributed by atoms with E-state index in [1.807, 2.05) is 0 Å². The molecule has 0 aliphatic heterocycles. The number of carbonyl (C=O) groups excluding carboxylic acids is 2. The third-order valence-corrected chi connectivity index (χ3v) is 7.30. The molecule has 298 valence electrons. The highest BCUT2D eigenvalue weighted by atomic mass is 35.5. The molecule has 0 aliphatic carbocycles. The number of hydrogen-bond donors (Lipinski definition) is 2. The summed E-state index contributed by atoms with van der Waals surface area (Å²) < 4.78 is 265. The molecule has 0 saturated heterocycles. The van der Waals surface area contributed by atoms with E-state index < -0.39 is 83.0 Å². The summed E-state index contributed by atoms with van der Waals surface area (Å²) in [6.07, 6.45) is 2.11. The fourth-order valence-electron chi connectivity index (χ4n) is 3.72. The molecule has 0 aromatic carbocycles. The number of unbranched alkanes of at least 4 members (excludes halogenated alkanes) is 9. The number of carbonyl (C=O) groups is 2. The van der Waals surface area contributed by atoms with E-state index in [0.717, 1.165) is 10.6 Å². The molecule has 0 radical (unpaired) electrons. The van der Waals surface area contributed by atoms with Gasteiger partial charge in [0.1, 0.15) is 0 Å². The molecule has 0 rings (SSSR count). The van der Waals surface area contributed by atoms with Crippen molar-refractivity contribution in [3.05, 3.63) is 0 Å². The molecule has 26 heteroatoms. The lowest BCUT2D eigenvalue weighted by Crippen LogP contribution is -2.69. The molecule has 0 aliphatic rings. The van der Waals surface area contributed by atoms with E-state index in [4.69, 9.17) is 0 Å². The first-order valence-electron chi connectivity index (χ1n) is 13.8. The van der Waals surface area contributed by atoms with Crippen molar-refractivity contribution >= 4 is 35.0 Å². The van der Waals surface area contributed by atoms with Crippen LogP contribution in [0, 0.1) is 0 Å². The number of alkyl halides is 22. The van der Waals surface area contributed by atoms with Crippen molar-refractivity contribution in [1.82, 2.24) is 10.6 Å². The summed E-state index contributed by atoms with van der Waals surface area (Å²) in [4.78, 5) is 22.7. The Morgan fingerprint density at radius 3 is 0.740 bits per heavy atom. The minimum atomic E-state index is -7.48. The van der Waals surface area contributed by atoms with E-state index in [9.17, 15) is 97.4 Å². The molecule has 0 atom stereocenters. The van der Waals surface area contributed by atoms with E-state index in [1.54, 1.807) is 0 Å². The first kappa shape index (κ1) is 48.1. The molecular formula is C24H26Cl2F20N2O2. The van der Waals surface area contributed by atoms with E-state index >= 15 is 0 Å². The predicted octanol–water partition coefficient (Wildman–Crippen LogP) is 9.87. The molecule has 0 unspecified atom stereocenters. The summed E-state index contributed by atoms with van der Waals surface area (Å²) in [5, 5.41) is -10.6. The molecule has 50 heavy (non-hydrogen) atoms. The van der Waals surface area contributed by atoms with Crippen LogP contribution >= 0.6 is 23.2 Å². The molecule has 2 amide bonds. The zero-order valence-corrected chi connectivity index (χ0v) is 26.1. The first-order valence-corrected chi connectivity index (χ1v) is 14.5. The van der Waals surface area contributed by atoms with Gasteiger partial charge in [0.15, 0.2) is 0 Å². The Kier molecular flexibility index (Phi) is 15.8. The van der Waals surface area contributed by atoms with Crippen molar-refractivity contribution in [3.63, 3.8) is 0 Å². The summed E-state index contributed by atoms with van der Waals surface area (Å²) in [6.45, 7) is -1.70. The van der Waals surface area contributed by atoms with Crippen LogP contribution in [0.3, 0.4) is 0 Å². The highest BCUT2D eigenvalue weighted by Crippen LogP contribution is 2.59. The molecule has 0 spiro atoms. The van der Waals surface area contributed by atoms with Crippen LogP contribution in [-0.4, -0.2) is 83.0 Å². The molecule has 0 bridgehead atoms. The molecular weight excluding hydrogens is 799 g/mol. The van der Waals surface area contributed by atoms with Gasteiger partial charge in [0.25, 0.3) is 11.8 Å². The summed E-state index contributed by atoms with van der Waals surface area (Å²) in [5.74, 6) is -63.5. The number of hydrogen-bond acceptors (Lipinski definition) is 2. The van der Waals surface area contributed by atoms with Gasteiger partial charge in [-0.05, 0) is 36.0 Å². The van der Waals surface area contributed by atoms with Crippen molar-refractivity contribution in [3.8, 4) is 0 Å². The number of amides is 2. The average molecular weight is 825 g/mol. The van der Waals surface area contributed by atoms with Crippen molar-refractivity contribution in [2.45, 2.75) is 122 Å². The predicted molar refractivity (Wildman–Crippen MR) is 133 cm³/mol. The summed E-state index contributed by atoms with van der Waals surface area (Å²) in [6, 6.07) is 0. The smallest absolute Gasteiger partial charge is 0.351 e. The third kappa shape index (κ3) is 9.56. The quantitative estimate of drug-likeness (QED) is 0.0613. The van der Waals surface area contributed by atoms with Crippen LogP contribution in [0.15, 0.2) is 0 Å². The van der Waals surface area contributed by atoms with Crippen molar-refractivity contribution in [1.29, 1.82) is 0 Å². The van der Waals surface area contributed by atoms with Gasteiger partial charge < -0.3 is 10.6 Å². The zero-order valence-electron chi connectivity index (χ0n) is 24.6. The lowest BCUT2D eigenvalue weighted by Gasteiger charge is -2.37. The average Bonchev–Trinajstić information content (AvgIpc) is 2.94. The molecule has 4 nitrogen and oxygen atoms in total. The van der Waals surface area contributed by atoms with Gasteiger partial charge in [-0.25, -0.2) is 0 Å². The van der Waals surface area contributed by atoms with Crippen LogP contribution in [0.5, 0.6) is 0 Å². The lowest BCUT2D eigenvalue weighted by atomic mass is 9.98. The summed E-state index contributed by atoms with van der Waals surface area (Å²) in [7, 11) is 0. The second-order valence-corrected chi connectivity index (χ2v) is 11.6. The highest BCUT2D eigenvalue weighted by molar-refractivity contribution is 6.22. The molecule has 2 N–H and O–H groups in total. The van der Waals surface area contributed by atoms with Crippen molar-refractivity contribution < 1.29 is 97.4 Å². The Morgan fingerprint density at radius 1 is 0.340 bits per heavy atom. The Hall–Kier alpha value is -1.88. The maximum absolute atomic E-state index is 13.7. The number of nitrogens with one attached hydrogen (secondary N) is 2. The standard InChI is InChI=1S/C24H26Cl2F20N2O2/c25-23(43,44)21(39,40)19(35,36)17(31,32)15(27,28)13(49)47-11-9-7-5-3-1-2-4-6-8-10-12-48-14(50)16(29,30)18(33,34)20(37,38)22(41,42)24(26,45)46/h1-12H2,(H,47,49)(H,48,50). The van der Waals surface area contributed by atoms with Crippen LogP contribution in [-0.2, 0) is 9.59 Å². The normalized spacial score (nSPS) is 14.9. The Bertz CT molecular complexity index is 1040. The molecule has 0 heterocycles. The summed E-state index contributed by atoms with van der Waals surface area (Å²) >= 11 is 7.32. The van der Waals surface area contributed by atoms with E-state index in [0.29, 0.717) is 38.5 Å². The largest absolute Gasteiger partial charge is 0.393 e. The monoisotopic (exact) mass is 824 g/mol. The summed E-state index contributed by atoms with van der Waals surface area (Å²) in [5.41, 5.74) is 0. The van der Waals surface area contributed by atoms with Gasteiger partial charge in [-0.1, -0.05) is 51.4 Å². The fraction of sp³-hybridized carbons (Fsp3) is 0.917. The fourth-order valence-corrected chi connectivity index (χ4v) is 3.96. The van der Waals surface area contributed by atoms with Crippen LogP contribution < -0.4 is 10.6 Å². The van der Waals surface area contributed by atoms with Gasteiger partial charge >= 0.3 is 58.1 Å². The highest BCUT2D eigenvalue weighted by Gasteiger charge is 2.89. The topological polar surface area (TPSA) is 58.2 Å². The second-order valence-electron chi connectivity index (χ2n) is 10.6. The van der Waals surface area contributed by atoms with Crippen molar-refractivity contribution in [2.24, 2.45) is 0 Å². The Balaban J connectivity index is 4.46. The maximum atomic E-state index is 13.7. The van der Waals surface area contributed by atoms with E-state index in [-0.39, 0.29) is 25.7 Å². The van der Waals surface area contributed by atoms with Gasteiger partial charge in [0.2, 0.25) is 0 Å². The van der Waals surface area contributed by atoms with Gasteiger partial charge in [-0.15, -0.1) is 0 Å². The molecule has 0 aromatic heterocycles. The number of halogens is 22. The zero-order chi connectivity index (χ0) is 40.1. The van der Waals surface area contributed by atoms with E-state index in [1.165, 1.54) is 0 Å². The Labute approximate surface area is 278 Å².